The number of carbonyl (C=O) groups is 2. The van der Waals surface area contributed by atoms with E-state index < -0.39 is 6.04 Å². The van der Waals surface area contributed by atoms with Crippen LogP contribution in [0.1, 0.15) is 6.92 Å². The molecule has 0 saturated carbocycles. The summed E-state index contributed by atoms with van der Waals surface area (Å²) in [5.74, 6) is -0.0792. The monoisotopic (exact) mass is 199 g/mol. The van der Waals surface area contributed by atoms with Crippen molar-refractivity contribution in [2.24, 2.45) is 5.92 Å². The molecule has 2 N–H and O–H groups in total. The maximum atomic E-state index is 11.4. The van der Waals surface area contributed by atoms with E-state index >= 15 is 0 Å². The highest BCUT2D eigenvalue weighted by molar-refractivity contribution is 5.88. The highest BCUT2D eigenvalue weighted by Gasteiger charge is 2.27. The van der Waals surface area contributed by atoms with Crippen molar-refractivity contribution in [3.05, 3.63) is 0 Å². The van der Waals surface area contributed by atoms with Crippen molar-refractivity contribution in [2.75, 3.05) is 27.2 Å². The number of carbonyl (C=O) groups excluding carboxylic acids is 2. The Hall–Kier alpha value is -1.10. The minimum Gasteiger partial charge on any atom is -0.347 e. The van der Waals surface area contributed by atoms with Gasteiger partial charge in [-0.1, -0.05) is 0 Å². The summed E-state index contributed by atoms with van der Waals surface area (Å²) < 4.78 is 0. The second-order valence-corrected chi connectivity index (χ2v) is 3.82. The highest BCUT2D eigenvalue weighted by Crippen LogP contribution is 2.03. The summed E-state index contributed by atoms with van der Waals surface area (Å²) in [5, 5.41) is 5.70. The molecule has 5 nitrogen and oxygen atoms in total. The molecule has 1 unspecified atom stereocenters. The van der Waals surface area contributed by atoms with Gasteiger partial charge >= 0.3 is 0 Å². The first-order valence-corrected chi connectivity index (χ1v) is 4.74. The number of hydrogen-bond acceptors (Lipinski definition) is 3. The fourth-order valence-corrected chi connectivity index (χ4v) is 1.25. The Bertz CT molecular complexity index is 236. The van der Waals surface area contributed by atoms with Crippen molar-refractivity contribution in [3.63, 3.8) is 0 Å². The first-order chi connectivity index (χ1) is 6.52. The molecule has 1 heterocycles. The molecule has 80 valence electrons. The summed E-state index contributed by atoms with van der Waals surface area (Å²) in [5.41, 5.74) is 0. The van der Waals surface area contributed by atoms with Crippen LogP contribution in [0, 0.1) is 5.92 Å². The van der Waals surface area contributed by atoms with Crippen molar-refractivity contribution in [1.29, 1.82) is 0 Å². The number of amides is 2. The first kappa shape index (κ1) is 11.0. The minimum atomic E-state index is -0.432. The summed E-state index contributed by atoms with van der Waals surface area (Å²) in [6.07, 6.45) is 0. The van der Waals surface area contributed by atoms with E-state index in [4.69, 9.17) is 0 Å². The van der Waals surface area contributed by atoms with Gasteiger partial charge in [0.15, 0.2) is 0 Å². The lowest BCUT2D eigenvalue weighted by atomic mass is 10.0. The lowest BCUT2D eigenvalue weighted by molar-refractivity contribution is -0.135. The van der Waals surface area contributed by atoms with E-state index in [0.717, 1.165) is 0 Å². The normalized spacial score (nSPS) is 18.2. The Morgan fingerprint density at radius 1 is 1.43 bits per heavy atom. The van der Waals surface area contributed by atoms with Gasteiger partial charge in [-0.3, -0.25) is 9.59 Å². The molecule has 1 aliphatic rings. The van der Waals surface area contributed by atoms with Crippen LogP contribution in [0.3, 0.4) is 0 Å². The largest absolute Gasteiger partial charge is 0.347 e. The molecule has 0 aliphatic carbocycles. The average Bonchev–Trinajstić information content (AvgIpc) is 1.98. The predicted molar refractivity (Wildman–Crippen MR) is 52.7 cm³/mol. The second-order valence-electron chi connectivity index (χ2n) is 3.82. The zero-order valence-electron chi connectivity index (χ0n) is 8.83. The molecule has 1 aliphatic heterocycles. The van der Waals surface area contributed by atoms with Crippen molar-refractivity contribution in [3.8, 4) is 0 Å². The third-order valence-corrected chi connectivity index (χ3v) is 2.32. The van der Waals surface area contributed by atoms with Crippen LogP contribution in [0.25, 0.3) is 0 Å². The minimum absolute atomic E-state index is 0.0346. The van der Waals surface area contributed by atoms with Gasteiger partial charge in [0.2, 0.25) is 11.8 Å². The van der Waals surface area contributed by atoms with Crippen LogP contribution in [0.15, 0.2) is 0 Å². The molecule has 0 bridgehead atoms. The second kappa shape index (κ2) is 4.41. The number of hydrogen-bond donors (Lipinski definition) is 2. The third kappa shape index (κ3) is 2.45. The molecule has 1 fully saturated rings. The molecule has 0 radical (unpaired) electrons. The Labute approximate surface area is 83.8 Å². The summed E-state index contributed by atoms with van der Waals surface area (Å²) in [6.45, 7) is 3.13. The Kier molecular flexibility index (Phi) is 3.46. The van der Waals surface area contributed by atoms with Gasteiger partial charge < -0.3 is 15.5 Å². The molecular weight excluding hydrogens is 182 g/mol. The van der Waals surface area contributed by atoms with Crippen molar-refractivity contribution in [2.45, 2.75) is 13.0 Å². The van der Waals surface area contributed by atoms with Gasteiger partial charge in [0, 0.05) is 27.2 Å². The van der Waals surface area contributed by atoms with E-state index in [1.807, 2.05) is 0 Å². The molecule has 5 heteroatoms. The van der Waals surface area contributed by atoms with Crippen LogP contribution in [-0.2, 0) is 9.59 Å². The molecule has 1 rings (SSSR count). The van der Waals surface area contributed by atoms with E-state index in [2.05, 4.69) is 10.6 Å². The van der Waals surface area contributed by atoms with Crippen LogP contribution < -0.4 is 10.6 Å². The van der Waals surface area contributed by atoms with E-state index in [1.54, 1.807) is 21.0 Å². The van der Waals surface area contributed by atoms with Gasteiger partial charge in [-0.25, -0.2) is 0 Å². The van der Waals surface area contributed by atoms with E-state index in [9.17, 15) is 9.59 Å². The third-order valence-electron chi connectivity index (χ3n) is 2.32. The van der Waals surface area contributed by atoms with Crippen LogP contribution >= 0.6 is 0 Å². The quantitative estimate of drug-likeness (QED) is 0.600. The van der Waals surface area contributed by atoms with Gasteiger partial charge in [-0.15, -0.1) is 0 Å². The van der Waals surface area contributed by atoms with E-state index in [-0.39, 0.29) is 17.7 Å². The SMILES string of the molecule is CC(NC(=O)C1CNC1)C(=O)N(C)C. The van der Waals surface area contributed by atoms with E-state index in [1.165, 1.54) is 4.90 Å². The molecule has 14 heavy (non-hydrogen) atoms. The number of likely N-dealkylation sites (N-methyl/N-ethyl adjacent to an activating group) is 1. The van der Waals surface area contributed by atoms with Gasteiger partial charge in [0.25, 0.3) is 0 Å². The Balaban J connectivity index is 2.35. The Morgan fingerprint density at radius 3 is 2.36 bits per heavy atom. The van der Waals surface area contributed by atoms with Gasteiger partial charge in [-0.2, -0.15) is 0 Å². The van der Waals surface area contributed by atoms with Gasteiger partial charge in [0.1, 0.15) is 6.04 Å². The number of nitrogens with one attached hydrogen (secondary N) is 2. The van der Waals surface area contributed by atoms with Gasteiger partial charge in [0.05, 0.1) is 5.92 Å². The van der Waals surface area contributed by atoms with Crippen molar-refractivity contribution in [1.82, 2.24) is 15.5 Å². The first-order valence-electron chi connectivity index (χ1n) is 4.74. The van der Waals surface area contributed by atoms with Crippen LogP contribution in [0.2, 0.25) is 0 Å². The summed E-state index contributed by atoms with van der Waals surface area (Å²) in [4.78, 5) is 24.3. The number of nitrogens with zero attached hydrogens (tertiary/aromatic N) is 1. The molecule has 0 aromatic carbocycles. The maximum absolute atomic E-state index is 11.4. The maximum Gasteiger partial charge on any atom is 0.244 e. The average molecular weight is 199 g/mol. The predicted octanol–water partition coefficient (Wildman–Crippen LogP) is -1.20. The fourth-order valence-electron chi connectivity index (χ4n) is 1.25. The lowest BCUT2D eigenvalue weighted by Gasteiger charge is -2.27. The molecule has 0 aromatic rings. The molecule has 0 spiro atoms. The highest BCUT2D eigenvalue weighted by atomic mass is 16.2. The smallest absolute Gasteiger partial charge is 0.244 e. The summed E-state index contributed by atoms with van der Waals surface area (Å²) in [6, 6.07) is -0.432. The zero-order valence-corrected chi connectivity index (χ0v) is 8.83. The van der Waals surface area contributed by atoms with Crippen molar-refractivity contribution < 1.29 is 9.59 Å². The van der Waals surface area contributed by atoms with Crippen LogP contribution in [-0.4, -0.2) is 49.9 Å². The van der Waals surface area contributed by atoms with Gasteiger partial charge in [-0.05, 0) is 6.92 Å². The Morgan fingerprint density at radius 2 is 2.00 bits per heavy atom. The fraction of sp³-hybridized carbons (Fsp3) is 0.778. The van der Waals surface area contributed by atoms with E-state index in [0.29, 0.717) is 13.1 Å². The van der Waals surface area contributed by atoms with Crippen LogP contribution in [0.4, 0.5) is 0 Å². The zero-order chi connectivity index (χ0) is 10.7. The summed E-state index contributed by atoms with van der Waals surface area (Å²) in [7, 11) is 3.35. The standard InChI is InChI=1S/C9H17N3O2/c1-6(9(14)12(2)3)11-8(13)7-4-10-5-7/h6-7,10H,4-5H2,1-3H3,(H,11,13). The molecule has 1 saturated heterocycles. The lowest BCUT2D eigenvalue weighted by Crippen LogP contribution is -2.54. The van der Waals surface area contributed by atoms with Crippen LogP contribution in [0.5, 0.6) is 0 Å². The topological polar surface area (TPSA) is 61.4 Å². The molecule has 0 aromatic heterocycles. The molecule has 1 atom stereocenters. The van der Waals surface area contributed by atoms with Crippen molar-refractivity contribution >= 4 is 11.8 Å². The number of rotatable bonds is 3. The molecular formula is C9H17N3O2. The summed E-state index contributed by atoms with van der Waals surface area (Å²) >= 11 is 0. The molecule has 2 amide bonds.